The number of hydrogen-bond acceptors (Lipinski definition) is 4. The van der Waals surface area contributed by atoms with E-state index < -0.39 is 29.8 Å². The van der Waals surface area contributed by atoms with Crippen molar-refractivity contribution in [3.63, 3.8) is 0 Å². The van der Waals surface area contributed by atoms with Crippen LogP contribution in [0.25, 0.3) is 0 Å². The summed E-state index contributed by atoms with van der Waals surface area (Å²) >= 11 is 0. The van der Waals surface area contributed by atoms with E-state index in [0.29, 0.717) is 5.75 Å². The molecular formula is C18H15FN2O5. The number of nitrogens with zero attached hydrogens (tertiary/aromatic N) is 1. The number of nitrogens with one attached hydrogen (secondary N) is 1. The van der Waals surface area contributed by atoms with Crippen molar-refractivity contribution in [3.05, 3.63) is 65.5 Å². The minimum Gasteiger partial charge on any atom is -0.491 e. The summed E-state index contributed by atoms with van der Waals surface area (Å²) in [4.78, 5) is 37.0. The van der Waals surface area contributed by atoms with Crippen LogP contribution in [0.3, 0.4) is 0 Å². The van der Waals surface area contributed by atoms with E-state index in [1.807, 2.05) is 0 Å². The van der Waals surface area contributed by atoms with E-state index in [4.69, 9.17) is 9.84 Å². The number of ether oxygens (including phenoxy) is 1. The standard InChI is InChI=1S/C18H15FN2O5/c19-11-5-7-13(8-6-11)26-10-12(9-20-18(24)25)21-16(22)14-3-1-2-4-15(14)17(21)23/h1-8,12,20H,9-10H2,(H,24,25). The highest BCUT2D eigenvalue weighted by molar-refractivity contribution is 6.21. The van der Waals surface area contributed by atoms with Crippen LogP contribution in [-0.2, 0) is 0 Å². The maximum absolute atomic E-state index is 13.0. The van der Waals surface area contributed by atoms with Crippen LogP contribution < -0.4 is 10.1 Å². The minimum absolute atomic E-state index is 0.141. The predicted molar refractivity (Wildman–Crippen MR) is 88.7 cm³/mol. The largest absolute Gasteiger partial charge is 0.491 e. The number of fused-ring (bicyclic) bond motifs is 1. The van der Waals surface area contributed by atoms with Crippen LogP contribution in [0.2, 0.25) is 0 Å². The molecule has 1 aliphatic rings. The average Bonchev–Trinajstić information content (AvgIpc) is 2.88. The molecule has 1 atom stereocenters. The third kappa shape index (κ3) is 3.49. The molecule has 1 heterocycles. The quantitative estimate of drug-likeness (QED) is 0.772. The summed E-state index contributed by atoms with van der Waals surface area (Å²) in [6, 6.07) is 10.7. The van der Waals surface area contributed by atoms with Crippen molar-refractivity contribution in [2.45, 2.75) is 6.04 Å². The normalized spacial score (nSPS) is 14.1. The van der Waals surface area contributed by atoms with Gasteiger partial charge in [-0.3, -0.25) is 14.5 Å². The third-order valence-corrected chi connectivity index (χ3v) is 3.94. The number of imide groups is 1. The summed E-state index contributed by atoms with van der Waals surface area (Å²) in [6.45, 7) is -0.334. The molecule has 0 saturated heterocycles. The molecule has 1 aliphatic heterocycles. The monoisotopic (exact) mass is 358 g/mol. The Balaban J connectivity index is 1.80. The number of halogens is 1. The SMILES string of the molecule is O=C(O)NCC(COc1ccc(F)cc1)N1C(=O)c2ccccc2C1=O. The van der Waals surface area contributed by atoms with Gasteiger partial charge in [-0.25, -0.2) is 9.18 Å². The lowest BCUT2D eigenvalue weighted by Gasteiger charge is -2.26. The van der Waals surface area contributed by atoms with Gasteiger partial charge in [0.2, 0.25) is 0 Å². The molecule has 2 aromatic rings. The van der Waals surface area contributed by atoms with Gasteiger partial charge < -0.3 is 15.2 Å². The van der Waals surface area contributed by atoms with Gasteiger partial charge in [-0.15, -0.1) is 0 Å². The van der Waals surface area contributed by atoms with Gasteiger partial charge in [-0.2, -0.15) is 0 Å². The van der Waals surface area contributed by atoms with Crippen LogP contribution in [0.4, 0.5) is 9.18 Å². The Labute approximate surface area is 148 Å². The molecule has 1 unspecified atom stereocenters. The number of carbonyl (C=O) groups excluding carboxylic acids is 2. The van der Waals surface area contributed by atoms with E-state index in [2.05, 4.69) is 5.32 Å². The Morgan fingerprint density at radius 3 is 2.19 bits per heavy atom. The number of carbonyl (C=O) groups is 3. The summed E-state index contributed by atoms with van der Waals surface area (Å²) in [6.07, 6.45) is -1.28. The van der Waals surface area contributed by atoms with Crippen molar-refractivity contribution >= 4 is 17.9 Å². The summed E-state index contributed by atoms with van der Waals surface area (Å²) < 4.78 is 18.5. The van der Waals surface area contributed by atoms with Gasteiger partial charge >= 0.3 is 6.09 Å². The zero-order chi connectivity index (χ0) is 18.7. The summed E-state index contributed by atoms with van der Waals surface area (Å²) in [5.74, 6) is -1.11. The van der Waals surface area contributed by atoms with Crippen LogP contribution in [0.15, 0.2) is 48.5 Å². The van der Waals surface area contributed by atoms with Gasteiger partial charge in [-0.1, -0.05) is 12.1 Å². The van der Waals surface area contributed by atoms with Crippen molar-refractivity contribution in [2.75, 3.05) is 13.2 Å². The second kappa shape index (κ2) is 7.22. The Hall–Kier alpha value is -3.42. The van der Waals surface area contributed by atoms with Crippen LogP contribution in [0.5, 0.6) is 5.75 Å². The molecule has 0 fully saturated rings. The highest BCUT2D eigenvalue weighted by atomic mass is 19.1. The second-order valence-electron chi connectivity index (χ2n) is 5.63. The molecule has 0 bridgehead atoms. The Bertz CT molecular complexity index is 818. The van der Waals surface area contributed by atoms with E-state index in [-0.39, 0.29) is 24.3 Å². The van der Waals surface area contributed by atoms with E-state index in [1.54, 1.807) is 12.1 Å². The van der Waals surface area contributed by atoms with E-state index >= 15 is 0 Å². The Kier molecular flexibility index (Phi) is 4.83. The van der Waals surface area contributed by atoms with Gasteiger partial charge in [0.25, 0.3) is 11.8 Å². The maximum Gasteiger partial charge on any atom is 0.404 e. The van der Waals surface area contributed by atoms with Crippen molar-refractivity contribution in [1.29, 1.82) is 0 Å². The lowest BCUT2D eigenvalue weighted by Crippen LogP contribution is -2.49. The van der Waals surface area contributed by atoms with E-state index in [1.165, 1.54) is 36.4 Å². The first kappa shape index (κ1) is 17.4. The molecule has 7 nitrogen and oxygen atoms in total. The first-order valence-corrected chi connectivity index (χ1v) is 7.79. The lowest BCUT2D eigenvalue weighted by molar-refractivity contribution is 0.0529. The number of benzene rings is 2. The molecule has 0 spiro atoms. The predicted octanol–water partition coefficient (Wildman–Crippen LogP) is 2.14. The minimum atomic E-state index is -1.28. The molecule has 0 aromatic heterocycles. The van der Waals surface area contributed by atoms with Crippen molar-refractivity contribution in [2.24, 2.45) is 0 Å². The lowest BCUT2D eigenvalue weighted by atomic mass is 10.1. The number of amides is 3. The van der Waals surface area contributed by atoms with Crippen molar-refractivity contribution < 1.29 is 28.6 Å². The molecule has 134 valence electrons. The topological polar surface area (TPSA) is 95.9 Å². The van der Waals surface area contributed by atoms with Crippen molar-refractivity contribution in [3.8, 4) is 5.75 Å². The number of hydrogen-bond donors (Lipinski definition) is 2. The number of rotatable bonds is 6. The highest BCUT2D eigenvalue weighted by Gasteiger charge is 2.40. The molecule has 0 aliphatic carbocycles. The average molecular weight is 358 g/mol. The van der Waals surface area contributed by atoms with Crippen LogP contribution in [0.1, 0.15) is 20.7 Å². The maximum atomic E-state index is 13.0. The highest BCUT2D eigenvalue weighted by Crippen LogP contribution is 2.25. The smallest absolute Gasteiger partial charge is 0.404 e. The second-order valence-corrected chi connectivity index (χ2v) is 5.63. The van der Waals surface area contributed by atoms with Crippen LogP contribution in [0, 0.1) is 5.82 Å². The molecule has 26 heavy (non-hydrogen) atoms. The number of carboxylic acid groups (broad SMARTS) is 1. The molecule has 0 saturated carbocycles. The van der Waals surface area contributed by atoms with Gasteiger partial charge in [0, 0.05) is 6.54 Å². The summed E-state index contributed by atoms with van der Waals surface area (Å²) in [7, 11) is 0. The first-order valence-electron chi connectivity index (χ1n) is 7.79. The van der Waals surface area contributed by atoms with Gasteiger partial charge in [0.05, 0.1) is 17.2 Å². The molecule has 3 rings (SSSR count). The summed E-state index contributed by atoms with van der Waals surface area (Å²) in [5.41, 5.74) is 0.527. The fourth-order valence-electron chi connectivity index (χ4n) is 2.69. The fraction of sp³-hybridized carbons (Fsp3) is 0.167. The van der Waals surface area contributed by atoms with E-state index in [0.717, 1.165) is 4.90 Å². The molecule has 2 aromatic carbocycles. The zero-order valence-corrected chi connectivity index (χ0v) is 13.5. The molecule has 0 radical (unpaired) electrons. The van der Waals surface area contributed by atoms with Crippen LogP contribution >= 0.6 is 0 Å². The Morgan fingerprint density at radius 1 is 1.08 bits per heavy atom. The van der Waals surface area contributed by atoms with E-state index in [9.17, 15) is 18.8 Å². The van der Waals surface area contributed by atoms with Crippen molar-refractivity contribution in [1.82, 2.24) is 10.2 Å². The third-order valence-electron chi connectivity index (χ3n) is 3.94. The summed E-state index contributed by atoms with van der Waals surface area (Å²) in [5, 5.41) is 11.0. The molecule has 3 amide bonds. The molecular weight excluding hydrogens is 343 g/mol. The molecule has 2 N–H and O–H groups in total. The fourth-order valence-corrected chi connectivity index (χ4v) is 2.69. The van der Waals surface area contributed by atoms with Gasteiger partial charge in [-0.05, 0) is 36.4 Å². The van der Waals surface area contributed by atoms with Crippen LogP contribution in [-0.4, -0.2) is 47.1 Å². The Morgan fingerprint density at radius 2 is 1.65 bits per heavy atom. The zero-order valence-electron chi connectivity index (χ0n) is 13.5. The van der Waals surface area contributed by atoms with Gasteiger partial charge in [0.1, 0.15) is 18.2 Å². The first-order chi connectivity index (χ1) is 12.5. The van der Waals surface area contributed by atoms with Gasteiger partial charge in [0.15, 0.2) is 0 Å². The molecule has 8 heteroatoms.